The number of benzene rings is 4. The fourth-order valence-corrected chi connectivity index (χ4v) is 19.2. The quantitative estimate of drug-likeness (QED) is 0.0798. The molecule has 1 aromatic heterocycles. The molecule has 0 saturated heterocycles. The van der Waals surface area contributed by atoms with Crippen LogP contribution in [0, 0.1) is 22.9 Å². The third-order valence-corrected chi connectivity index (χ3v) is 23.6. The molecule has 0 radical (unpaired) electrons. The molecule has 5 rings (SSSR count). The van der Waals surface area contributed by atoms with Crippen LogP contribution in [0.1, 0.15) is 94.2 Å². The van der Waals surface area contributed by atoms with Gasteiger partial charge >= 0.3 is 0 Å². The van der Waals surface area contributed by atoms with Crippen molar-refractivity contribution in [2.45, 2.75) is 116 Å². The van der Waals surface area contributed by atoms with Crippen LogP contribution in [0.25, 0.3) is 43.6 Å². The molecule has 0 amide bonds. The zero-order valence-electron chi connectivity index (χ0n) is 30.1. The molecular formula is C42H52N2Si2. The molecule has 2 nitrogen and oxygen atoms in total. The van der Waals surface area contributed by atoms with Gasteiger partial charge in [0.15, 0.2) is 0 Å². The lowest BCUT2D eigenvalue weighted by Crippen LogP contribution is -2.43. The van der Waals surface area contributed by atoms with E-state index in [1.807, 2.05) is 0 Å². The van der Waals surface area contributed by atoms with E-state index in [1.165, 1.54) is 5.39 Å². The minimum absolute atomic E-state index is 0.541. The van der Waals surface area contributed by atoms with Crippen molar-refractivity contribution in [3.8, 4) is 22.9 Å². The summed E-state index contributed by atoms with van der Waals surface area (Å²) in [6.07, 6.45) is 0. The number of fused-ring (bicyclic) bond motifs is 5. The Bertz CT molecular complexity index is 2000. The van der Waals surface area contributed by atoms with Gasteiger partial charge in [0.05, 0.1) is 22.2 Å². The van der Waals surface area contributed by atoms with Crippen molar-refractivity contribution in [1.29, 1.82) is 0 Å². The Morgan fingerprint density at radius 1 is 0.435 bits per heavy atom. The minimum atomic E-state index is -2.01. The molecule has 0 aliphatic carbocycles. The molecule has 46 heavy (non-hydrogen) atoms. The van der Waals surface area contributed by atoms with Gasteiger partial charge in [-0.3, -0.25) is 0 Å². The molecule has 0 saturated carbocycles. The summed E-state index contributed by atoms with van der Waals surface area (Å²) in [7, 11) is -4.00. The summed E-state index contributed by atoms with van der Waals surface area (Å²) in [5, 5.41) is 4.55. The average Bonchev–Trinajstić information content (AvgIpc) is 3.00. The lowest BCUT2D eigenvalue weighted by atomic mass is 9.97. The fraction of sp³-hybridized carbons (Fsp3) is 0.429. The van der Waals surface area contributed by atoms with E-state index in [2.05, 4.69) is 167 Å². The molecule has 0 unspecified atom stereocenters. The summed E-state index contributed by atoms with van der Waals surface area (Å²) in [6, 6.07) is 21.5. The highest BCUT2D eigenvalue weighted by Crippen LogP contribution is 2.43. The number of aromatic nitrogens is 2. The van der Waals surface area contributed by atoms with Crippen LogP contribution in [0.15, 0.2) is 60.7 Å². The lowest BCUT2D eigenvalue weighted by molar-refractivity contribution is 0.838. The van der Waals surface area contributed by atoms with Gasteiger partial charge in [0.1, 0.15) is 27.2 Å². The van der Waals surface area contributed by atoms with Gasteiger partial charge in [-0.05, 0) is 44.7 Å². The molecule has 0 spiro atoms. The summed E-state index contributed by atoms with van der Waals surface area (Å²) in [4.78, 5) is 10.9. The van der Waals surface area contributed by atoms with Crippen molar-refractivity contribution >= 4 is 59.8 Å². The first kappa shape index (κ1) is 33.9. The zero-order chi connectivity index (χ0) is 33.6. The largest absolute Gasteiger partial charge is 0.243 e. The molecular weight excluding hydrogens is 589 g/mol. The molecule has 0 bridgehead atoms. The Kier molecular flexibility index (Phi) is 9.57. The predicted molar refractivity (Wildman–Crippen MR) is 208 cm³/mol. The van der Waals surface area contributed by atoms with Gasteiger partial charge < -0.3 is 0 Å². The SMILES string of the molecule is CC(C)[Si](C#Cc1c2ccccc2c(C#C[Si](C(C)C)(C(C)C)C(C)C)c2nc3c(ccc4ccccc43)nc12)(C(C)C)C(C)C. The van der Waals surface area contributed by atoms with E-state index in [9.17, 15) is 0 Å². The number of hydrogen-bond donors (Lipinski definition) is 0. The van der Waals surface area contributed by atoms with E-state index in [-0.39, 0.29) is 0 Å². The van der Waals surface area contributed by atoms with Gasteiger partial charge in [-0.15, -0.1) is 11.1 Å². The second kappa shape index (κ2) is 13.0. The normalized spacial score (nSPS) is 12.7. The molecule has 0 fully saturated rings. The Hall–Kier alpha value is -3.45. The molecule has 5 aromatic rings. The van der Waals surface area contributed by atoms with Crippen LogP contribution in [0.4, 0.5) is 0 Å². The minimum Gasteiger partial charge on any atom is -0.243 e. The number of hydrogen-bond acceptors (Lipinski definition) is 2. The first-order valence-corrected chi connectivity index (χ1v) is 21.8. The van der Waals surface area contributed by atoms with Gasteiger partial charge in [0.25, 0.3) is 0 Å². The monoisotopic (exact) mass is 640 g/mol. The van der Waals surface area contributed by atoms with Crippen LogP contribution >= 0.6 is 0 Å². The van der Waals surface area contributed by atoms with Crippen LogP contribution in [0.5, 0.6) is 0 Å². The highest BCUT2D eigenvalue weighted by atomic mass is 28.3. The first-order valence-electron chi connectivity index (χ1n) is 17.4. The standard InChI is InChI=1S/C42H52N2Si2/c1-27(2)45(28(3)4,29(5)6)25-23-37-35-19-15-16-20-36(35)38(24-26-46(30(7)8,31(9)10)32(11)12)42-41(37)43-39-22-21-33-17-13-14-18-34(33)40(39)44-42/h13-22,27-32H,1-12H3. The lowest BCUT2D eigenvalue weighted by Gasteiger charge is -2.38. The Labute approximate surface area is 279 Å². The molecule has 238 valence electrons. The van der Waals surface area contributed by atoms with E-state index in [0.717, 1.165) is 49.4 Å². The molecule has 0 atom stereocenters. The van der Waals surface area contributed by atoms with Gasteiger partial charge in [-0.2, -0.15) is 0 Å². The van der Waals surface area contributed by atoms with Crippen molar-refractivity contribution in [3.05, 3.63) is 71.8 Å². The summed E-state index contributed by atoms with van der Waals surface area (Å²) >= 11 is 0. The second-order valence-electron chi connectivity index (χ2n) is 15.2. The highest BCUT2D eigenvalue weighted by Gasteiger charge is 2.43. The Morgan fingerprint density at radius 2 is 0.826 bits per heavy atom. The van der Waals surface area contributed by atoms with Gasteiger partial charge in [0.2, 0.25) is 0 Å². The smallest absolute Gasteiger partial charge is 0.146 e. The zero-order valence-corrected chi connectivity index (χ0v) is 32.1. The Balaban J connectivity index is 1.99. The summed E-state index contributed by atoms with van der Waals surface area (Å²) in [5.74, 6) is 7.69. The Morgan fingerprint density at radius 3 is 1.26 bits per heavy atom. The van der Waals surface area contributed by atoms with Crippen molar-refractivity contribution in [2.75, 3.05) is 0 Å². The van der Waals surface area contributed by atoms with Crippen LogP contribution in [0.2, 0.25) is 33.2 Å². The van der Waals surface area contributed by atoms with Gasteiger partial charge in [-0.25, -0.2) is 9.97 Å². The van der Waals surface area contributed by atoms with Gasteiger partial charge in [-0.1, -0.05) is 150 Å². The maximum atomic E-state index is 5.50. The molecule has 4 heteroatoms. The summed E-state index contributed by atoms with van der Waals surface area (Å²) < 4.78 is 0. The van der Waals surface area contributed by atoms with E-state index in [1.54, 1.807) is 0 Å². The number of nitrogens with zero attached hydrogens (tertiary/aromatic N) is 2. The van der Waals surface area contributed by atoms with E-state index >= 15 is 0 Å². The van der Waals surface area contributed by atoms with E-state index in [4.69, 9.17) is 9.97 Å². The average molecular weight is 641 g/mol. The fourth-order valence-electron chi connectivity index (χ4n) is 8.77. The summed E-state index contributed by atoms with van der Waals surface area (Å²) in [6.45, 7) is 28.5. The first-order chi connectivity index (χ1) is 21.8. The number of rotatable bonds is 6. The van der Waals surface area contributed by atoms with E-state index in [0.29, 0.717) is 33.2 Å². The second-order valence-corrected chi connectivity index (χ2v) is 26.3. The maximum absolute atomic E-state index is 5.50. The van der Waals surface area contributed by atoms with Crippen LogP contribution in [0.3, 0.4) is 0 Å². The van der Waals surface area contributed by atoms with E-state index < -0.39 is 16.1 Å². The maximum Gasteiger partial charge on any atom is 0.146 e. The highest BCUT2D eigenvalue weighted by molar-refractivity contribution is 6.91. The molecule has 0 aliphatic rings. The predicted octanol–water partition coefficient (Wildman–Crippen LogP) is 12.2. The topological polar surface area (TPSA) is 25.8 Å². The van der Waals surface area contributed by atoms with Crippen LogP contribution in [-0.4, -0.2) is 26.1 Å². The van der Waals surface area contributed by atoms with Crippen LogP contribution in [-0.2, 0) is 0 Å². The third-order valence-electron chi connectivity index (χ3n) is 11.0. The van der Waals surface area contributed by atoms with Gasteiger partial charge in [0, 0.05) is 16.2 Å². The van der Waals surface area contributed by atoms with Crippen molar-refractivity contribution in [3.63, 3.8) is 0 Å². The molecule has 0 N–H and O–H groups in total. The van der Waals surface area contributed by atoms with Crippen LogP contribution < -0.4 is 0 Å². The molecule has 0 aliphatic heterocycles. The summed E-state index contributed by atoms with van der Waals surface area (Å²) in [5.41, 5.74) is 16.9. The third kappa shape index (κ3) is 5.48. The molecule has 1 heterocycles. The van der Waals surface area contributed by atoms with Crippen molar-refractivity contribution < 1.29 is 0 Å². The van der Waals surface area contributed by atoms with Crippen molar-refractivity contribution in [1.82, 2.24) is 9.97 Å². The molecule has 4 aromatic carbocycles. The van der Waals surface area contributed by atoms with Crippen molar-refractivity contribution in [2.24, 2.45) is 0 Å².